The van der Waals surface area contributed by atoms with Crippen LogP contribution in [-0.4, -0.2) is 24.3 Å². The molecule has 2 aromatic carbocycles. The first-order valence-electron chi connectivity index (χ1n) is 7.76. The van der Waals surface area contributed by atoms with E-state index in [9.17, 15) is 9.90 Å². The summed E-state index contributed by atoms with van der Waals surface area (Å²) in [5.41, 5.74) is 1.75. The molecule has 3 N–H and O–H groups in total. The first-order chi connectivity index (χ1) is 11.6. The molecule has 24 heavy (non-hydrogen) atoms. The van der Waals surface area contributed by atoms with Gasteiger partial charge in [0.25, 0.3) is 0 Å². The number of carbonyl (C=O) groups is 1. The molecule has 2 rings (SSSR count). The van der Waals surface area contributed by atoms with Crippen LogP contribution in [0.3, 0.4) is 0 Å². The number of benzene rings is 2. The average molecular weight is 367 g/mol. The Bertz CT molecular complexity index is 665. The number of hydrogen-bond donors (Lipinski definition) is 3. The third-order valence-corrected chi connectivity index (χ3v) is 4.44. The van der Waals surface area contributed by atoms with Crippen LogP contribution >= 0.6 is 23.2 Å². The fraction of sp³-hybridized carbons (Fsp3) is 0.278. The maximum absolute atomic E-state index is 11.9. The first kappa shape index (κ1) is 18.6. The minimum absolute atomic E-state index is 0.120. The first-order valence-corrected chi connectivity index (χ1v) is 8.51. The Balaban J connectivity index is 1.83. The van der Waals surface area contributed by atoms with Crippen molar-refractivity contribution in [2.75, 3.05) is 18.5 Å². The van der Waals surface area contributed by atoms with E-state index in [0.29, 0.717) is 28.7 Å². The Labute approximate surface area is 151 Å². The van der Waals surface area contributed by atoms with Crippen LogP contribution in [0.5, 0.6) is 0 Å². The van der Waals surface area contributed by atoms with Crippen LogP contribution in [0, 0.1) is 0 Å². The van der Waals surface area contributed by atoms with E-state index in [2.05, 4.69) is 10.6 Å². The van der Waals surface area contributed by atoms with E-state index in [1.165, 1.54) is 5.56 Å². The molecular formula is C18H20Cl2N2O2. The summed E-state index contributed by atoms with van der Waals surface area (Å²) in [6.45, 7) is 0.627. The topological polar surface area (TPSA) is 61.4 Å². The summed E-state index contributed by atoms with van der Waals surface area (Å²) in [4.78, 5) is 11.9. The SMILES string of the molecule is O=C(NCCC(CCO)c1ccccc1)Nc1ccc(Cl)c(Cl)c1. The van der Waals surface area contributed by atoms with Crippen molar-refractivity contribution in [3.8, 4) is 0 Å². The van der Waals surface area contributed by atoms with Gasteiger partial charge in [-0.2, -0.15) is 0 Å². The fourth-order valence-electron chi connectivity index (χ4n) is 2.47. The Hall–Kier alpha value is -1.75. The zero-order chi connectivity index (χ0) is 17.4. The summed E-state index contributed by atoms with van der Waals surface area (Å²) in [6.07, 6.45) is 1.42. The number of aliphatic hydroxyl groups is 1. The van der Waals surface area contributed by atoms with E-state index in [1.807, 2.05) is 30.3 Å². The van der Waals surface area contributed by atoms with Gasteiger partial charge in [0.15, 0.2) is 0 Å². The summed E-state index contributed by atoms with van der Waals surface area (Å²) in [6, 6.07) is 14.6. The maximum atomic E-state index is 11.9. The predicted molar refractivity (Wildman–Crippen MR) is 99.0 cm³/mol. The number of aliphatic hydroxyl groups excluding tert-OH is 1. The van der Waals surface area contributed by atoms with Crippen molar-refractivity contribution in [2.24, 2.45) is 0 Å². The monoisotopic (exact) mass is 366 g/mol. The van der Waals surface area contributed by atoms with Crippen LogP contribution in [0.15, 0.2) is 48.5 Å². The second-order valence-corrected chi connectivity index (χ2v) is 6.23. The molecule has 4 nitrogen and oxygen atoms in total. The number of amides is 2. The Kier molecular flexibility index (Phi) is 7.37. The van der Waals surface area contributed by atoms with Crippen molar-refractivity contribution >= 4 is 34.9 Å². The summed E-state index contributed by atoms with van der Waals surface area (Å²) < 4.78 is 0. The summed E-state index contributed by atoms with van der Waals surface area (Å²) in [7, 11) is 0. The van der Waals surface area contributed by atoms with E-state index in [0.717, 1.165) is 6.42 Å². The van der Waals surface area contributed by atoms with Crippen LogP contribution < -0.4 is 10.6 Å². The maximum Gasteiger partial charge on any atom is 0.319 e. The van der Waals surface area contributed by atoms with Gasteiger partial charge in [-0.05, 0) is 42.5 Å². The van der Waals surface area contributed by atoms with E-state index in [-0.39, 0.29) is 18.6 Å². The molecule has 0 heterocycles. The van der Waals surface area contributed by atoms with Crippen LogP contribution in [0.4, 0.5) is 10.5 Å². The molecule has 0 radical (unpaired) electrons. The van der Waals surface area contributed by atoms with E-state index in [4.69, 9.17) is 23.2 Å². The van der Waals surface area contributed by atoms with E-state index >= 15 is 0 Å². The highest BCUT2D eigenvalue weighted by molar-refractivity contribution is 6.42. The molecule has 2 amide bonds. The van der Waals surface area contributed by atoms with Crippen LogP contribution in [0.25, 0.3) is 0 Å². The summed E-state index contributed by atoms with van der Waals surface area (Å²) in [5, 5.41) is 15.6. The van der Waals surface area contributed by atoms with Gasteiger partial charge in [-0.25, -0.2) is 4.79 Å². The molecule has 1 unspecified atom stereocenters. The van der Waals surface area contributed by atoms with Gasteiger partial charge in [-0.1, -0.05) is 53.5 Å². The zero-order valence-electron chi connectivity index (χ0n) is 13.1. The van der Waals surface area contributed by atoms with Gasteiger partial charge < -0.3 is 15.7 Å². The van der Waals surface area contributed by atoms with Crippen molar-refractivity contribution in [3.63, 3.8) is 0 Å². The van der Waals surface area contributed by atoms with Crippen molar-refractivity contribution in [3.05, 3.63) is 64.1 Å². The molecule has 1 atom stereocenters. The summed E-state index contributed by atoms with van der Waals surface area (Å²) in [5.74, 6) is 0.210. The van der Waals surface area contributed by atoms with E-state index in [1.54, 1.807) is 18.2 Å². The molecule has 0 saturated carbocycles. The number of halogens is 2. The highest BCUT2D eigenvalue weighted by Crippen LogP contribution is 2.25. The van der Waals surface area contributed by atoms with Crippen molar-refractivity contribution in [1.29, 1.82) is 0 Å². The third-order valence-electron chi connectivity index (χ3n) is 3.70. The largest absolute Gasteiger partial charge is 0.396 e. The van der Waals surface area contributed by atoms with Gasteiger partial charge in [-0.3, -0.25) is 0 Å². The van der Waals surface area contributed by atoms with Gasteiger partial charge in [0.05, 0.1) is 10.0 Å². The van der Waals surface area contributed by atoms with Gasteiger partial charge in [0.1, 0.15) is 0 Å². The molecule has 0 fully saturated rings. The zero-order valence-corrected chi connectivity index (χ0v) is 14.6. The Morgan fingerprint density at radius 3 is 2.46 bits per heavy atom. The number of rotatable bonds is 7. The number of anilines is 1. The lowest BCUT2D eigenvalue weighted by atomic mass is 9.93. The van der Waals surface area contributed by atoms with Gasteiger partial charge in [-0.15, -0.1) is 0 Å². The predicted octanol–water partition coefficient (Wildman–Crippen LogP) is 4.67. The molecule has 0 saturated heterocycles. The lowest BCUT2D eigenvalue weighted by molar-refractivity contribution is 0.250. The lowest BCUT2D eigenvalue weighted by Crippen LogP contribution is -2.30. The second kappa shape index (κ2) is 9.52. The molecule has 0 aromatic heterocycles. The highest BCUT2D eigenvalue weighted by atomic mass is 35.5. The minimum Gasteiger partial charge on any atom is -0.396 e. The fourth-order valence-corrected chi connectivity index (χ4v) is 2.77. The molecule has 128 valence electrons. The second-order valence-electron chi connectivity index (χ2n) is 5.42. The molecule has 0 spiro atoms. The molecule has 0 aliphatic heterocycles. The molecule has 0 aliphatic carbocycles. The van der Waals surface area contributed by atoms with Crippen molar-refractivity contribution < 1.29 is 9.90 Å². The molecule has 0 aliphatic rings. The molecule has 6 heteroatoms. The molecule has 2 aromatic rings. The smallest absolute Gasteiger partial charge is 0.319 e. The van der Waals surface area contributed by atoms with Crippen LogP contribution in [0.2, 0.25) is 10.0 Å². The Morgan fingerprint density at radius 2 is 1.79 bits per heavy atom. The lowest BCUT2D eigenvalue weighted by Gasteiger charge is -2.17. The Morgan fingerprint density at radius 1 is 1.04 bits per heavy atom. The number of carbonyl (C=O) groups excluding carboxylic acids is 1. The summed E-state index contributed by atoms with van der Waals surface area (Å²) >= 11 is 11.8. The van der Waals surface area contributed by atoms with Gasteiger partial charge >= 0.3 is 6.03 Å². The standard InChI is InChI=1S/C18H20Cl2N2O2/c19-16-7-6-15(12-17(16)20)22-18(24)21-10-8-14(9-11-23)13-4-2-1-3-5-13/h1-7,12,14,23H,8-11H2,(H2,21,22,24). The normalized spacial score (nSPS) is 11.8. The minimum atomic E-state index is -0.302. The average Bonchev–Trinajstić information content (AvgIpc) is 2.58. The highest BCUT2D eigenvalue weighted by Gasteiger charge is 2.11. The van der Waals surface area contributed by atoms with Gasteiger partial charge in [0.2, 0.25) is 0 Å². The molecular weight excluding hydrogens is 347 g/mol. The van der Waals surface area contributed by atoms with E-state index < -0.39 is 0 Å². The number of hydrogen-bond acceptors (Lipinski definition) is 2. The van der Waals surface area contributed by atoms with Crippen molar-refractivity contribution in [2.45, 2.75) is 18.8 Å². The van der Waals surface area contributed by atoms with Crippen LogP contribution in [-0.2, 0) is 0 Å². The quantitative estimate of drug-likeness (QED) is 0.666. The number of nitrogens with one attached hydrogen (secondary N) is 2. The number of urea groups is 1. The van der Waals surface area contributed by atoms with Crippen molar-refractivity contribution in [1.82, 2.24) is 5.32 Å². The molecule has 0 bridgehead atoms. The third kappa shape index (κ3) is 5.71. The van der Waals surface area contributed by atoms with Crippen LogP contribution in [0.1, 0.15) is 24.3 Å². The van der Waals surface area contributed by atoms with Gasteiger partial charge in [0, 0.05) is 18.8 Å².